The molecule has 0 unspecified atom stereocenters. The van der Waals surface area contributed by atoms with E-state index in [9.17, 15) is 18.5 Å². The summed E-state index contributed by atoms with van der Waals surface area (Å²) in [6.07, 6.45) is 3.01. The maximum Gasteiger partial charge on any atom is 0.268 e. The summed E-state index contributed by atoms with van der Waals surface area (Å²) < 4.78 is 39.7. The standard InChI is InChI=1S/C24H24N4O6S2/c1-16-6-4-7-19(12-16)33-10-5-11-34-20-9-8-17(14-21(20)32-2)13-18(15-25)22(29)26-23-27-28-24(35-23)36(3,30)31/h4,6-9,12-14H,5,10-11H2,1-3H3,(H,26,27,29). The van der Waals surface area contributed by atoms with Crippen molar-refractivity contribution in [3.63, 3.8) is 0 Å². The zero-order valence-corrected chi connectivity index (χ0v) is 21.5. The quantitative estimate of drug-likeness (QED) is 0.171. The predicted octanol–water partition coefficient (Wildman–Crippen LogP) is 3.65. The number of hydrogen-bond donors (Lipinski definition) is 1. The second kappa shape index (κ2) is 12.1. The van der Waals surface area contributed by atoms with Gasteiger partial charge in [-0.15, -0.1) is 10.2 Å². The van der Waals surface area contributed by atoms with Gasteiger partial charge in [0.15, 0.2) is 11.5 Å². The molecule has 0 radical (unpaired) electrons. The molecule has 2 aromatic carbocycles. The molecule has 188 valence electrons. The Morgan fingerprint density at radius 3 is 2.58 bits per heavy atom. The summed E-state index contributed by atoms with van der Waals surface area (Å²) in [5, 5.41) is 18.9. The maximum absolute atomic E-state index is 12.5. The van der Waals surface area contributed by atoms with Gasteiger partial charge in [0.1, 0.15) is 17.4 Å². The Bertz CT molecular complexity index is 1410. The minimum absolute atomic E-state index is 0.0331. The zero-order valence-electron chi connectivity index (χ0n) is 19.8. The van der Waals surface area contributed by atoms with E-state index in [1.807, 2.05) is 37.3 Å². The van der Waals surface area contributed by atoms with Gasteiger partial charge in [-0.1, -0.05) is 29.5 Å². The number of methoxy groups -OCH3 is 1. The summed E-state index contributed by atoms with van der Waals surface area (Å²) in [6, 6.07) is 14.6. The lowest BCUT2D eigenvalue weighted by Gasteiger charge is -2.12. The van der Waals surface area contributed by atoms with Gasteiger partial charge in [-0.05, 0) is 48.4 Å². The number of amides is 1. The van der Waals surface area contributed by atoms with E-state index in [1.165, 1.54) is 13.2 Å². The van der Waals surface area contributed by atoms with E-state index in [4.69, 9.17) is 14.2 Å². The van der Waals surface area contributed by atoms with Gasteiger partial charge < -0.3 is 14.2 Å². The number of nitrogens with zero attached hydrogens (tertiary/aromatic N) is 3. The topological polar surface area (TPSA) is 140 Å². The van der Waals surface area contributed by atoms with Gasteiger partial charge in [0.2, 0.25) is 19.3 Å². The van der Waals surface area contributed by atoms with Crippen LogP contribution in [0.3, 0.4) is 0 Å². The molecule has 0 aliphatic carbocycles. The third-order valence-electron chi connectivity index (χ3n) is 4.61. The van der Waals surface area contributed by atoms with Gasteiger partial charge >= 0.3 is 0 Å². The van der Waals surface area contributed by atoms with Gasteiger partial charge in [0.25, 0.3) is 5.91 Å². The molecule has 3 rings (SSSR count). The zero-order chi connectivity index (χ0) is 26.1. The van der Waals surface area contributed by atoms with Crippen LogP contribution in [0.15, 0.2) is 52.4 Å². The van der Waals surface area contributed by atoms with E-state index in [2.05, 4.69) is 15.5 Å². The first-order chi connectivity index (χ1) is 17.2. The van der Waals surface area contributed by atoms with Crippen molar-refractivity contribution >= 4 is 38.3 Å². The third kappa shape index (κ3) is 7.53. The summed E-state index contributed by atoms with van der Waals surface area (Å²) >= 11 is 0.696. The van der Waals surface area contributed by atoms with E-state index in [1.54, 1.807) is 18.2 Å². The Morgan fingerprint density at radius 2 is 1.92 bits per heavy atom. The van der Waals surface area contributed by atoms with E-state index in [-0.39, 0.29) is 15.0 Å². The number of ether oxygens (including phenoxy) is 3. The molecule has 0 fully saturated rings. The minimum Gasteiger partial charge on any atom is -0.493 e. The Morgan fingerprint density at radius 1 is 1.14 bits per heavy atom. The fourth-order valence-corrected chi connectivity index (χ4v) is 4.42. The molecule has 0 saturated carbocycles. The van der Waals surface area contributed by atoms with Gasteiger partial charge in [0.05, 0.1) is 20.3 Å². The van der Waals surface area contributed by atoms with Crippen molar-refractivity contribution in [1.29, 1.82) is 5.26 Å². The Labute approximate surface area is 213 Å². The van der Waals surface area contributed by atoms with Crippen molar-refractivity contribution in [2.45, 2.75) is 17.7 Å². The number of carbonyl (C=O) groups excluding carboxylic acids is 1. The van der Waals surface area contributed by atoms with Crippen molar-refractivity contribution in [3.05, 3.63) is 59.2 Å². The number of carbonyl (C=O) groups is 1. The highest BCUT2D eigenvalue weighted by Crippen LogP contribution is 2.29. The SMILES string of the molecule is COc1cc(C=C(C#N)C(=O)Nc2nnc(S(C)(=O)=O)s2)ccc1OCCCOc1cccc(C)c1. The molecule has 12 heteroatoms. The first kappa shape index (κ1) is 26.7. The van der Waals surface area contributed by atoms with Crippen LogP contribution >= 0.6 is 11.3 Å². The molecule has 0 saturated heterocycles. The maximum atomic E-state index is 12.5. The highest BCUT2D eigenvalue weighted by atomic mass is 32.2. The number of nitriles is 1. The second-order valence-corrected chi connectivity index (χ2v) is 10.7. The highest BCUT2D eigenvalue weighted by Gasteiger charge is 2.17. The van der Waals surface area contributed by atoms with Crippen molar-refractivity contribution in [3.8, 4) is 23.3 Å². The molecule has 0 bridgehead atoms. The fraction of sp³-hybridized carbons (Fsp3) is 0.250. The van der Waals surface area contributed by atoms with E-state index in [0.717, 1.165) is 17.6 Å². The lowest BCUT2D eigenvalue weighted by Crippen LogP contribution is -2.13. The molecule has 1 N–H and O–H groups in total. The van der Waals surface area contributed by atoms with Crippen molar-refractivity contribution in [2.75, 3.05) is 31.9 Å². The number of nitrogens with one attached hydrogen (secondary N) is 1. The van der Waals surface area contributed by atoms with Crippen LogP contribution in [0, 0.1) is 18.3 Å². The smallest absolute Gasteiger partial charge is 0.268 e. The first-order valence-electron chi connectivity index (χ1n) is 10.7. The van der Waals surface area contributed by atoms with Crippen molar-refractivity contribution < 1.29 is 27.4 Å². The summed E-state index contributed by atoms with van der Waals surface area (Å²) in [6.45, 7) is 2.90. The molecule has 10 nitrogen and oxygen atoms in total. The minimum atomic E-state index is -3.55. The number of rotatable bonds is 11. The predicted molar refractivity (Wildman–Crippen MR) is 135 cm³/mol. The summed E-state index contributed by atoms with van der Waals surface area (Å²) in [5.74, 6) is 1.00. The normalized spacial score (nSPS) is 11.4. The van der Waals surface area contributed by atoms with Crippen LogP contribution in [0.2, 0.25) is 0 Å². The number of aryl methyl sites for hydroxylation is 1. The van der Waals surface area contributed by atoms with Crippen LogP contribution in [-0.4, -0.2) is 51.1 Å². The van der Waals surface area contributed by atoms with Crippen LogP contribution in [0.1, 0.15) is 17.5 Å². The Balaban J connectivity index is 1.60. The monoisotopic (exact) mass is 528 g/mol. The molecule has 36 heavy (non-hydrogen) atoms. The van der Waals surface area contributed by atoms with E-state index < -0.39 is 15.7 Å². The van der Waals surface area contributed by atoms with Crippen molar-refractivity contribution in [2.24, 2.45) is 0 Å². The lowest BCUT2D eigenvalue weighted by molar-refractivity contribution is -0.112. The summed E-state index contributed by atoms with van der Waals surface area (Å²) in [5.41, 5.74) is 1.44. The molecular weight excluding hydrogens is 504 g/mol. The van der Waals surface area contributed by atoms with Crippen LogP contribution in [0.25, 0.3) is 6.08 Å². The third-order valence-corrected chi connectivity index (χ3v) is 7.12. The summed E-state index contributed by atoms with van der Waals surface area (Å²) in [4.78, 5) is 12.5. The van der Waals surface area contributed by atoms with E-state index in [0.29, 0.717) is 48.0 Å². The molecule has 3 aromatic rings. The highest BCUT2D eigenvalue weighted by molar-refractivity contribution is 7.92. The van der Waals surface area contributed by atoms with Crippen molar-refractivity contribution in [1.82, 2.24) is 10.2 Å². The fourth-order valence-electron chi connectivity index (χ4n) is 2.92. The number of anilines is 1. The van der Waals surface area contributed by atoms with Gasteiger partial charge in [0, 0.05) is 12.7 Å². The molecule has 0 atom stereocenters. The average Bonchev–Trinajstić information content (AvgIpc) is 3.32. The molecule has 0 aliphatic rings. The number of benzene rings is 2. The number of hydrogen-bond acceptors (Lipinski definition) is 10. The number of sulfone groups is 1. The van der Waals surface area contributed by atoms with Gasteiger partial charge in [-0.25, -0.2) is 8.42 Å². The molecule has 1 heterocycles. The number of aromatic nitrogens is 2. The van der Waals surface area contributed by atoms with Crippen LogP contribution in [-0.2, 0) is 14.6 Å². The molecule has 1 amide bonds. The summed E-state index contributed by atoms with van der Waals surface area (Å²) in [7, 11) is -2.06. The first-order valence-corrected chi connectivity index (χ1v) is 13.4. The molecule has 0 aliphatic heterocycles. The Kier molecular flexibility index (Phi) is 8.99. The van der Waals surface area contributed by atoms with E-state index >= 15 is 0 Å². The molecule has 0 spiro atoms. The molecular formula is C24H24N4O6S2. The second-order valence-electron chi connectivity index (χ2n) is 7.55. The molecule has 1 aromatic heterocycles. The van der Waals surface area contributed by atoms with Crippen LogP contribution in [0.4, 0.5) is 5.13 Å². The Hall–Kier alpha value is -3.95. The van der Waals surface area contributed by atoms with Crippen LogP contribution in [0.5, 0.6) is 17.2 Å². The average molecular weight is 529 g/mol. The van der Waals surface area contributed by atoms with Gasteiger partial charge in [-0.2, -0.15) is 5.26 Å². The van der Waals surface area contributed by atoms with Gasteiger partial charge in [-0.3, -0.25) is 10.1 Å². The van der Waals surface area contributed by atoms with Crippen LogP contribution < -0.4 is 19.5 Å². The lowest BCUT2D eigenvalue weighted by atomic mass is 10.1. The largest absolute Gasteiger partial charge is 0.493 e.